The maximum Gasteiger partial charge on any atom is 0.290 e. The third-order valence-corrected chi connectivity index (χ3v) is 4.02. The molecule has 2 N–H and O–H groups in total. The molecule has 0 bridgehead atoms. The molecule has 0 saturated heterocycles. The highest BCUT2D eigenvalue weighted by Gasteiger charge is 2.16. The van der Waals surface area contributed by atoms with Crippen LogP contribution in [0.1, 0.15) is 16.1 Å². The molecule has 0 saturated carbocycles. The Bertz CT molecular complexity index is 1040. The Morgan fingerprint density at radius 3 is 2.38 bits per heavy atom. The van der Waals surface area contributed by atoms with Crippen LogP contribution in [0, 0.1) is 0 Å². The molecule has 7 nitrogen and oxygen atoms in total. The van der Waals surface area contributed by atoms with Crippen LogP contribution >= 0.6 is 11.6 Å². The number of hydrogen-bond donors (Lipinski definition) is 2. The molecular formula is C18H15ClN4O3. The highest BCUT2D eigenvalue weighted by molar-refractivity contribution is 6.30. The minimum absolute atomic E-state index is 0.0505. The van der Waals surface area contributed by atoms with Gasteiger partial charge in [0.05, 0.1) is 11.8 Å². The minimum atomic E-state index is -0.610. The lowest BCUT2D eigenvalue weighted by Gasteiger charge is -2.10. The second-order valence-electron chi connectivity index (χ2n) is 5.63. The zero-order valence-electron chi connectivity index (χ0n) is 13.8. The molecule has 26 heavy (non-hydrogen) atoms. The molecule has 1 heterocycles. The number of aromatic nitrogens is 2. The molecule has 0 spiro atoms. The van der Waals surface area contributed by atoms with E-state index >= 15 is 0 Å². The topological polar surface area (TPSA) is 93.1 Å². The molecule has 0 atom stereocenters. The van der Waals surface area contributed by atoms with E-state index in [0.717, 1.165) is 10.2 Å². The Hall–Kier alpha value is -3.19. The molecule has 132 valence electrons. The van der Waals surface area contributed by atoms with Gasteiger partial charge in [-0.25, -0.2) is 4.68 Å². The fourth-order valence-electron chi connectivity index (χ4n) is 2.48. The molecule has 3 aromatic rings. The molecule has 2 amide bonds. The van der Waals surface area contributed by atoms with Gasteiger partial charge in [-0.1, -0.05) is 41.9 Å². The summed E-state index contributed by atoms with van der Waals surface area (Å²) in [5, 5.41) is 5.37. The van der Waals surface area contributed by atoms with E-state index in [0.29, 0.717) is 15.8 Å². The normalized spacial score (nSPS) is 10.5. The molecule has 2 aromatic carbocycles. The predicted octanol–water partition coefficient (Wildman–Crippen LogP) is 1.59. The molecular weight excluding hydrogens is 356 g/mol. The molecule has 0 aliphatic rings. The number of carbonyl (C=O) groups is 2. The lowest BCUT2D eigenvalue weighted by Crippen LogP contribution is -2.43. The van der Waals surface area contributed by atoms with E-state index in [1.165, 1.54) is 7.05 Å². The molecule has 0 fully saturated rings. The van der Waals surface area contributed by atoms with Crippen LogP contribution in [0.15, 0.2) is 53.3 Å². The number of nitrogens with zero attached hydrogens (tertiary/aromatic N) is 2. The summed E-state index contributed by atoms with van der Waals surface area (Å²) < 4.78 is 1.09. The zero-order valence-corrected chi connectivity index (χ0v) is 14.6. The van der Waals surface area contributed by atoms with Crippen molar-refractivity contribution >= 4 is 34.2 Å². The minimum Gasteiger partial charge on any atom is -0.273 e. The first-order chi connectivity index (χ1) is 12.5. The van der Waals surface area contributed by atoms with Gasteiger partial charge in [0.15, 0.2) is 5.69 Å². The van der Waals surface area contributed by atoms with E-state index in [9.17, 15) is 14.4 Å². The standard InChI is InChI=1S/C18H15ClN4O3/c1-23-18(26)14-5-3-2-4-13(14)16(22-23)17(25)21-20-15(24)10-11-6-8-12(19)9-7-11/h2-9H,10H2,1H3,(H,20,24)(H,21,25). The molecule has 0 aliphatic heterocycles. The van der Waals surface area contributed by atoms with Crippen molar-refractivity contribution < 1.29 is 9.59 Å². The average molecular weight is 371 g/mol. The van der Waals surface area contributed by atoms with Gasteiger partial charge in [-0.2, -0.15) is 5.10 Å². The van der Waals surface area contributed by atoms with E-state index in [4.69, 9.17) is 11.6 Å². The number of nitrogens with one attached hydrogen (secondary N) is 2. The first-order valence-electron chi connectivity index (χ1n) is 7.75. The van der Waals surface area contributed by atoms with E-state index in [2.05, 4.69) is 16.0 Å². The number of rotatable bonds is 3. The number of benzene rings is 2. The summed E-state index contributed by atoms with van der Waals surface area (Å²) in [5.41, 5.74) is 5.18. The summed E-state index contributed by atoms with van der Waals surface area (Å²) in [5.74, 6) is -1.00. The van der Waals surface area contributed by atoms with Gasteiger partial charge in [0.25, 0.3) is 11.5 Å². The number of carbonyl (C=O) groups excluding carboxylic acids is 2. The fraction of sp³-hybridized carbons (Fsp3) is 0.111. The van der Waals surface area contributed by atoms with Crippen LogP contribution in [0.5, 0.6) is 0 Å². The van der Waals surface area contributed by atoms with Crippen LogP contribution in [0.4, 0.5) is 0 Å². The van der Waals surface area contributed by atoms with Crippen LogP contribution in [0.2, 0.25) is 5.02 Å². The smallest absolute Gasteiger partial charge is 0.273 e. The van der Waals surface area contributed by atoms with E-state index in [-0.39, 0.29) is 17.7 Å². The van der Waals surface area contributed by atoms with Crippen LogP contribution in [0.25, 0.3) is 10.8 Å². The highest BCUT2D eigenvalue weighted by Crippen LogP contribution is 2.13. The molecule has 0 aliphatic carbocycles. The summed E-state index contributed by atoms with van der Waals surface area (Å²) >= 11 is 5.80. The second kappa shape index (κ2) is 7.37. The van der Waals surface area contributed by atoms with Gasteiger partial charge >= 0.3 is 0 Å². The summed E-state index contributed by atoms with van der Waals surface area (Å²) in [6.45, 7) is 0. The van der Waals surface area contributed by atoms with Gasteiger partial charge in [0.1, 0.15) is 0 Å². The van der Waals surface area contributed by atoms with Crippen molar-refractivity contribution in [1.82, 2.24) is 20.6 Å². The Labute approximate surface area is 153 Å². The van der Waals surface area contributed by atoms with E-state index < -0.39 is 11.8 Å². The van der Waals surface area contributed by atoms with Gasteiger partial charge in [-0.3, -0.25) is 25.2 Å². The summed E-state index contributed by atoms with van der Waals surface area (Å²) in [6, 6.07) is 13.5. The van der Waals surface area contributed by atoms with Crippen LogP contribution < -0.4 is 16.4 Å². The third kappa shape index (κ3) is 3.73. The zero-order chi connectivity index (χ0) is 18.7. The largest absolute Gasteiger partial charge is 0.290 e. The Kier molecular flexibility index (Phi) is 4.99. The molecule has 8 heteroatoms. The highest BCUT2D eigenvalue weighted by atomic mass is 35.5. The molecule has 0 radical (unpaired) electrons. The second-order valence-corrected chi connectivity index (χ2v) is 6.06. The van der Waals surface area contributed by atoms with Crippen molar-refractivity contribution in [1.29, 1.82) is 0 Å². The first-order valence-corrected chi connectivity index (χ1v) is 8.13. The number of hydrogen-bond acceptors (Lipinski definition) is 4. The lowest BCUT2D eigenvalue weighted by molar-refractivity contribution is -0.121. The van der Waals surface area contributed by atoms with Gasteiger partial charge in [-0.05, 0) is 23.8 Å². The third-order valence-electron chi connectivity index (χ3n) is 3.76. The van der Waals surface area contributed by atoms with Gasteiger partial charge in [-0.15, -0.1) is 0 Å². The number of aryl methyl sites for hydroxylation is 1. The Morgan fingerprint density at radius 2 is 1.69 bits per heavy atom. The monoisotopic (exact) mass is 370 g/mol. The molecule has 1 aromatic heterocycles. The van der Waals surface area contributed by atoms with E-state index in [1.54, 1.807) is 48.5 Å². The molecule has 0 unspecified atom stereocenters. The maximum atomic E-state index is 12.4. The SMILES string of the molecule is Cn1nc(C(=O)NNC(=O)Cc2ccc(Cl)cc2)c2ccccc2c1=O. The van der Waals surface area contributed by atoms with Crippen molar-refractivity contribution in [2.24, 2.45) is 7.05 Å². The lowest BCUT2D eigenvalue weighted by atomic mass is 10.1. The molecule has 3 rings (SSSR count). The number of amides is 2. The van der Waals surface area contributed by atoms with Crippen molar-refractivity contribution in [3.05, 3.63) is 75.2 Å². The Morgan fingerprint density at radius 1 is 1.04 bits per heavy atom. The van der Waals surface area contributed by atoms with Crippen molar-refractivity contribution in [2.75, 3.05) is 0 Å². The van der Waals surface area contributed by atoms with Crippen LogP contribution in [0.3, 0.4) is 0 Å². The van der Waals surface area contributed by atoms with Gasteiger partial charge < -0.3 is 0 Å². The number of halogens is 1. The van der Waals surface area contributed by atoms with Crippen LogP contribution in [-0.4, -0.2) is 21.6 Å². The first kappa shape index (κ1) is 17.6. The van der Waals surface area contributed by atoms with Crippen LogP contribution in [-0.2, 0) is 18.3 Å². The summed E-state index contributed by atoms with van der Waals surface area (Å²) in [4.78, 5) is 36.5. The van der Waals surface area contributed by atoms with Crippen molar-refractivity contribution in [3.63, 3.8) is 0 Å². The average Bonchev–Trinajstić information content (AvgIpc) is 2.64. The Balaban J connectivity index is 1.73. The number of hydrazine groups is 1. The maximum absolute atomic E-state index is 12.4. The van der Waals surface area contributed by atoms with Crippen molar-refractivity contribution in [2.45, 2.75) is 6.42 Å². The summed E-state index contributed by atoms with van der Waals surface area (Å²) in [6.07, 6.45) is 0.0822. The van der Waals surface area contributed by atoms with Crippen molar-refractivity contribution in [3.8, 4) is 0 Å². The van der Waals surface area contributed by atoms with Gasteiger partial charge in [0.2, 0.25) is 5.91 Å². The number of fused-ring (bicyclic) bond motifs is 1. The predicted molar refractivity (Wildman–Crippen MR) is 97.7 cm³/mol. The van der Waals surface area contributed by atoms with Gasteiger partial charge in [0, 0.05) is 17.5 Å². The fourth-order valence-corrected chi connectivity index (χ4v) is 2.61. The summed E-state index contributed by atoms with van der Waals surface area (Å²) in [7, 11) is 1.46. The van der Waals surface area contributed by atoms with E-state index in [1.807, 2.05) is 0 Å². The quantitative estimate of drug-likeness (QED) is 0.685.